The number of aromatic nitrogens is 2. The number of halogens is 24. The summed E-state index contributed by atoms with van der Waals surface area (Å²) in [7, 11) is 0. The molecule has 0 saturated carbocycles. The van der Waals surface area contributed by atoms with Gasteiger partial charge in [-0.2, -0.15) is 127 Å². The zero-order chi connectivity index (χ0) is 57.3. The van der Waals surface area contributed by atoms with Gasteiger partial charge in [-0.15, -0.1) is 0 Å². The zero-order valence-corrected chi connectivity index (χ0v) is 37.4. The Bertz CT molecular complexity index is 2810. The molecule has 77 heavy (non-hydrogen) atoms. The number of hydrogen-bond acceptors (Lipinski definition) is 2. The molecule has 0 aliphatic heterocycles. The van der Waals surface area contributed by atoms with Crippen LogP contribution in [-0.2, 0) is 49.4 Å². The molecular weight excluding hydrogens is 1100 g/mol. The lowest BCUT2D eigenvalue weighted by Crippen LogP contribution is -2.75. The minimum Gasteiger partial charge on any atom is -0.258 e. The van der Waals surface area contributed by atoms with Gasteiger partial charge in [0.15, 0.2) is 0 Å². The maximum Gasteiger partial charge on any atom is 0.416 e. The van der Waals surface area contributed by atoms with E-state index < -0.39 is 195 Å². The van der Waals surface area contributed by atoms with E-state index in [2.05, 4.69) is 53.5 Å². The Morgan fingerprint density at radius 3 is 0.766 bits per heavy atom. The minimum atomic E-state index is -6.13. The summed E-state index contributed by atoms with van der Waals surface area (Å²) in [6.07, 6.45) is -47.8. The van der Waals surface area contributed by atoms with Crippen LogP contribution in [0.5, 0.6) is 0 Å². The van der Waals surface area contributed by atoms with Crippen molar-refractivity contribution in [2.45, 2.75) is 55.5 Å². The van der Waals surface area contributed by atoms with Crippen molar-refractivity contribution >= 4 is 28.0 Å². The summed E-state index contributed by atoms with van der Waals surface area (Å²) in [6.45, 7) is 0. The van der Waals surface area contributed by atoms with Crippen molar-refractivity contribution in [2.24, 2.45) is 0 Å². The highest BCUT2D eigenvalue weighted by Crippen LogP contribution is 2.45. The van der Waals surface area contributed by atoms with Crippen LogP contribution in [0.25, 0.3) is 11.1 Å². The molecular formula is C49H25BF24N2O. The van der Waals surface area contributed by atoms with Crippen LogP contribution < -0.4 is 31.4 Å². The van der Waals surface area contributed by atoms with Crippen LogP contribution in [0.1, 0.15) is 61.7 Å². The van der Waals surface area contributed by atoms with Crippen LogP contribution >= 0.6 is 0 Å². The van der Waals surface area contributed by atoms with Gasteiger partial charge < -0.3 is 0 Å². The molecule has 3 nitrogen and oxygen atoms in total. The molecule has 0 spiro atoms. The Kier molecular flexibility index (Phi) is 14.5. The minimum absolute atomic E-state index is 0.0743. The summed E-state index contributed by atoms with van der Waals surface area (Å²) in [6, 6.07) is 7.98. The van der Waals surface area contributed by atoms with Gasteiger partial charge in [0.1, 0.15) is 6.15 Å². The monoisotopic (exact) mass is 1120 g/mol. The summed E-state index contributed by atoms with van der Waals surface area (Å²) >= 11 is 0. The van der Waals surface area contributed by atoms with Gasteiger partial charge in [0.2, 0.25) is 18.5 Å². The summed E-state index contributed by atoms with van der Waals surface area (Å²) in [5.74, 6) is 0. The largest absolute Gasteiger partial charge is 0.416 e. The van der Waals surface area contributed by atoms with E-state index in [1.165, 1.54) is 22.3 Å². The SMILES string of the molecule is FC(F)(F)c1cc([B-](c2cc(C(F)(F)F)cc(C(F)(F)F)c2)(c2cc(C(F)(F)F)cc(C(F)(F)F)c2)c2cc(C(F)(F)F)cc(C(F)(F)F)c2)cc(C(F)(F)F)c1.c1ccc2c(c1)-c1ccccc1C2O[n+]1ccncc1. The van der Waals surface area contributed by atoms with Crippen molar-refractivity contribution in [3.63, 3.8) is 0 Å². The van der Waals surface area contributed by atoms with Gasteiger partial charge in [-0.1, -0.05) is 97.1 Å². The van der Waals surface area contributed by atoms with Crippen LogP contribution in [0.2, 0.25) is 0 Å². The smallest absolute Gasteiger partial charge is 0.258 e. The first-order chi connectivity index (χ1) is 35.2. The molecule has 8 rings (SSSR count). The Morgan fingerprint density at radius 1 is 0.325 bits per heavy atom. The van der Waals surface area contributed by atoms with Crippen molar-refractivity contribution in [1.29, 1.82) is 0 Å². The van der Waals surface area contributed by atoms with Gasteiger partial charge in [0.05, 0.1) is 56.9 Å². The van der Waals surface area contributed by atoms with E-state index in [1.807, 2.05) is 12.4 Å². The summed E-state index contributed by atoms with van der Waals surface area (Å²) in [5, 5.41) is 0. The van der Waals surface area contributed by atoms with Crippen molar-refractivity contribution in [3.8, 4) is 11.1 Å². The van der Waals surface area contributed by atoms with Crippen molar-refractivity contribution in [3.05, 3.63) is 202 Å². The van der Waals surface area contributed by atoms with Crippen LogP contribution in [0.4, 0.5) is 105 Å². The first-order valence-corrected chi connectivity index (χ1v) is 21.2. The number of rotatable bonds is 6. The van der Waals surface area contributed by atoms with Crippen molar-refractivity contribution < 1.29 is 115 Å². The zero-order valence-electron chi connectivity index (χ0n) is 37.4. The lowest BCUT2D eigenvalue weighted by molar-refractivity contribution is -0.899. The number of nitrogens with zero attached hydrogens (tertiary/aromatic N) is 2. The standard InChI is InChI=1S/C32H12BF24.C17H13N2O/c34-25(35,36)13-1-14(26(37,38)39)6-21(5-13)33(22-7-15(27(40,41)42)2-16(8-22)28(43,44)45,23-9-17(29(46,47)48)3-18(10-23)30(49,50)51)24-11-19(31(52,53)54)4-20(12-24)32(55,56)57;1-3-7-15-13(5-1)14-6-2-4-8-16(14)17(15)20-19-11-9-18-10-12-19/h1-12H;1-12,17H/q-1;+1. The lowest BCUT2D eigenvalue weighted by atomic mass is 9.12. The second-order valence-electron chi connectivity index (χ2n) is 17.0. The van der Waals surface area contributed by atoms with E-state index in [-0.39, 0.29) is 6.10 Å². The number of hydrogen-bond donors (Lipinski definition) is 0. The number of fused-ring (bicyclic) bond motifs is 3. The summed E-state index contributed by atoms with van der Waals surface area (Å²) < 4.78 is 343. The highest BCUT2D eigenvalue weighted by atomic mass is 19.4. The lowest BCUT2D eigenvalue weighted by Gasteiger charge is -2.46. The van der Waals surface area contributed by atoms with E-state index in [0.717, 1.165) is 0 Å². The third kappa shape index (κ3) is 12.1. The fourth-order valence-electron chi connectivity index (χ4n) is 8.79. The topological polar surface area (TPSA) is 26.0 Å². The second-order valence-corrected chi connectivity index (χ2v) is 17.0. The molecule has 1 heterocycles. The number of benzene rings is 6. The van der Waals surface area contributed by atoms with Gasteiger partial charge >= 0.3 is 49.4 Å². The molecule has 0 amide bonds. The third-order valence-electron chi connectivity index (χ3n) is 12.0. The Balaban J connectivity index is 0.000000353. The maximum absolute atomic E-state index is 14.2. The average Bonchev–Trinajstić information content (AvgIpc) is 3.63. The Hall–Kier alpha value is -7.42. The van der Waals surface area contributed by atoms with Gasteiger partial charge in [0, 0.05) is 15.9 Å². The highest BCUT2D eigenvalue weighted by Gasteiger charge is 2.47. The predicted octanol–water partition coefficient (Wildman–Crippen LogP) is 13.8. The molecule has 0 radical (unpaired) electrons. The average molecular weight is 1120 g/mol. The molecule has 0 fully saturated rings. The molecule has 6 aromatic carbocycles. The Labute approximate surface area is 415 Å². The normalized spacial score (nSPS) is 13.9. The molecule has 0 N–H and O–H groups in total. The molecule has 1 aliphatic rings. The van der Waals surface area contributed by atoms with E-state index in [4.69, 9.17) is 4.84 Å². The predicted molar refractivity (Wildman–Crippen MR) is 225 cm³/mol. The molecule has 0 saturated heterocycles. The summed E-state index contributed by atoms with van der Waals surface area (Å²) in [5.41, 5.74) is -25.3. The van der Waals surface area contributed by atoms with Gasteiger partial charge in [0.25, 0.3) is 0 Å². The molecule has 0 bridgehead atoms. The molecule has 0 atom stereocenters. The van der Waals surface area contributed by atoms with Crippen LogP contribution in [-0.4, -0.2) is 11.1 Å². The maximum atomic E-state index is 14.2. The molecule has 7 aromatic rings. The Morgan fingerprint density at radius 2 is 0.545 bits per heavy atom. The first-order valence-electron chi connectivity index (χ1n) is 21.2. The van der Waals surface area contributed by atoms with Crippen molar-refractivity contribution in [2.75, 3.05) is 0 Å². The fourth-order valence-corrected chi connectivity index (χ4v) is 8.79. The van der Waals surface area contributed by atoms with E-state index >= 15 is 0 Å². The molecule has 1 aromatic heterocycles. The second kappa shape index (κ2) is 19.6. The van der Waals surface area contributed by atoms with Crippen molar-refractivity contribution in [1.82, 2.24) is 4.98 Å². The summed E-state index contributed by atoms with van der Waals surface area (Å²) in [4.78, 5) is 10.1. The highest BCUT2D eigenvalue weighted by molar-refractivity contribution is 7.20. The van der Waals surface area contributed by atoms with E-state index in [9.17, 15) is 105 Å². The van der Waals surface area contributed by atoms with E-state index in [1.54, 1.807) is 17.1 Å². The van der Waals surface area contributed by atoms with Gasteiger partial charge in [-0.05, 0) is 35.4 Å². The van der Waals surface area contributed by atoms with Crippen LogP contribution in [0.3, 0.4) is 0 Å². The molecule has 28 heteroatoms. The van der Waals surface area contributed by atoms with Gasteiger partial charge in [-0.3, -0.25) is 9.82 Å². The fraction of sp³-hybridized carbons (Fsp3) is 0.184. The van der Waals surface area contributed by atoms with Crippen LogP contribution in [0, 0.1) is 0 Å². The quantitative estimate of drug-likeness (QED) is 0.0942. The molecule has 408 valence electrons. The van der Waals surface area contributed by atoms with Crippen LogP contribution in [0.15, 0.2) is 146 Å². The third-order valence-corrected chi connectivity index (χ3v) is 12.0. The first kappa shape index (κ1) is 57.3. The molecule has 0 unspecified atom stereocenters. The number of alkyl halides is 24. The van der Waals surface area contributed by atoms with Gasteiger partial charge in [-0.25, -0.2) is 0 Å². The molecule has 1 aliphatic carbocycles. The van der Waals surface area contributed by atoms with E-state index in [0.29, 0.717) is 0 Å².